The highest BCUT2D eigenvalue weighted by Crippen LogP contribution is 2.17. The third-order valence-electron chi connectivity index (χ3n) is 3.03. The Morgan fingerprint density at radius 3 is 2.12 bits per heavy atom. The summed E-state index contributed by atoms with van der Waals surface area (Å²) < 4.78 is 36.9. The van der Waals surface area contributed by atoms with Gasteiger partial charge in [0.05, 0.1) is 0 Å². The molecule has 0 heterocycles. The third-order valence-corrected chi connectivity index (χ3v) is 3.03. The first-order chi connectivity index (χ1) is 12.0. The van der Waals surface area contributed by atoms with Crippen molar-refractivity contribution in [1.82, 2.24) is 10.9 Å². The van der Waals surface area contributed by atoms with Crippen molar-refractivity contribution in [3.05, 3.63) is 60.2 Å². The number of hydrazine groups is 1. The van der Waals surface area contributed by atoms with Gasteiger partial charge in [-0.15, -0.1) is 0 Å². The highest BCUT2D eigenvalue weighted by molar-refractivity contribution is 5.85. The molecule has 2 amide bonds. The van der Waals surface area contributed by atoms with Gasteiger partial charge in [-0.3, -0.25) is 20.4 Å². The minimum absolute atomic E-state index is 0.0831. The van der Waals surface area contributed by atoms with E-state index >= 15 is 0 Å². The van der Waals surface area contributed by atoms with E-state index in [0.717, 1.165) is 0 Å². The largest absolute Gasteiger partial charge is 0.481 e. The zero-order valence-corrected chi connectivity index (χ0v) is 13.3. The van der Waals surface area contributed by atoms with Crippen LogP contribution in [-0.2, 0) is 9.59 Å². The van der Waals surface area contributed by atoms with Crippen molar-refractivity contribution < 1.29 is 27.8 Å². The second-order valence-electron chi connectivity index (χ2n) is 4.95. The maximum atomic E-state index is 13.4. The zero-order valence-electron chi connectivity index (χ0n) is 13.3. The second-order valence-corrected chi connectivity index (χ2v) is 4.95. The number of ether oxygens (including phenoxy) is 2. The van der Waals surface area contributed by atoms with Crippen LogP contribution in [0.4, 0.5) is 8.78 Å². The molecule has 1 unspecified atom stereocenters. The molecule has 2 aromatic rings. The summed E-state index contributed by atoms with van der Waals surface area (Å²) in [6, 6.07) is 11.2. The normalized spacial score (nSPS) is 11.3. The lowest BCUT2D eigenvalue weighted by Gasteiger charge is -2.15. The molecule has 0 aliphatic carbocycles. The molecule has 0 aromatic heterocycles. The number of rotatable bonds is 6. The molecule has 25 heavy (non-hydrogen) atoms. The molecule has 0 bridgehead atoms. The summed E-state index contributed by atoms with van der Waals surface area (Å²) in [6.45, 7) is 0.896. The number of benzene rings is 2. The van der Waals surface area contributed by atoms with E-state index < -0.39 is 36.2 Å². The van der Waals surface area contributed by atoms with Gasteiger partial charge >= 0.3 is 0 Å². The lowest BCUT2D eigenvalue weighted by molar-refractivity contribution is -0.133. The summed E-state index contributed by atoms with van der Waals surface area (Å²) in [7, 11) is 0. The van der Waals surface area contributed by atoms with E-state index in [2.05, 4.69) is 10.9 Å². The van der Waals surface area contributed by atoms with E-state index in [1.807, 2.05) is 0 Å². The monoisotopic (exact) mass is 350 g/mol. The molecule has 8 heteroatoms. The van der Waals surface area contributed by atoms with Crippen molar-refractivity contribution >= 4 is 11.8 Å². The Labute approximate surface area is 142 Å². The number of carbonyl (C=O) groups is 2. The van der Waals surface area contributed by atoms with Crippen LogP contribution in [0.2, 0.25) is 0 Å². The molecule has 0 saturated carbocycles. The minimum Gasteiger partial charge on any atom is -0.481 e. The first-order valence-corrected chi connectivity index (χ1v) is 7.34. The lowest BCUT2D eigenvalue weighted by atomic mass is 10.3. The zero-order chi connectivity index (χ0) is 18.2. The van der Waals surface area contributed by atoms with Crippen molar-refractivity contribution in [2.75, 3.05) is 6.61 Å². The van der Waals surface area contributed by atoms with Crippen molar-refractivity contribution in [3.8, 4) is 11.5 Å². The van der Waals surface area contributed by atoms with Crippen LogP contribution in [0.5, 0.6) is 11.5 Å². The van der Waals surface area contributed by atoms with Gasteiger partial charge in [0.15, 0.2) is 35.8 Å². The highest BCUT2D eigenvalue weighted by atomic mass is 19.1. The Bertz CT molecular complexity index is 755. The van der Waals surface area contributed by atoms with E-state index in [-0.39, 0.29) is 11.5 Å². The van der Waals surface area contributed by atoms with Crippen molar-refractivity contribution in [1.29, 1.82) is 0 Å². The van der Waals surface area contributed by atoms with Crippen LogP contribution in [0.25, 0.3) is 0 Å². The molecule has 0 radical (unpaired) electrons. The lowest BCUT2D eigenvalue weighted by Crippen LogP contribution is -2.48. The molecule has 0 fully saturated rings. The average Bonchev–Trinajstić information content (AvgIpc) is 2.60. The van der Waals surface area contributed by atoms with Crippen molar-refractivity contribution in [2.24, 2.45) is 0 Å². The van der Waals surface area contributed by atoms with Gasteiger partial charge < -0.3 is 9.47 Å². The van der Waals surface area contributed by atoms with Gasteiger partial charge in [0, 0.05) is 0 Å². The van der Waals surface area contributed by atoms with Crippen LogP contribution in [0.1, 0.15) is 6.92 Å². The van der Waals surface area contributed by atoms with Crippen LogP contribution in [0.3, 0.4) is 0 Å². The summed E-state index contributed by atoms with van der Waals surface area (Å²) in [5.41, 5.74) is 4.21. The summed E-state index contributed by atoms with van der Waals surface area (Å²) >= 11 is 0. The SMILES string of the molecule is CC(Oc1ccccc1F)C(=O)NNC(=O)COc1ccccc1F. The second kappa shape index (κ2) is 8.62. The summed E-state index contributed by atoms with van der Waals surface area (Å²) in [6.07, 6.45) is -1.05. The van der Waals surface area contributed by atoms with Crippen LogP contribution in [0.15, 0.2) is 48.5 Å². The van der Waals surface area contributed by atoms with Crippen LogP contribution < -0.4 is 20.3 Å². The summed E-state index contributed by atoms with van der Waals surface area (Å²) in [4.78, 5) is 23.4. The molecular weight excluding hydrogens is 334 g/mol. The number of halogens is 2. The third kappa shape index (κ3) is 5.45. The molecule has 2 N–H and O–H groups in total. The Kier molecular flexibility index (Phi) is 6.27. The maximum absolute atomic E-state index is 13.4. The van der Waals surface area contributed by atoms with Gasteiger partial charge in [-0.05, 0) is 31.2 Å². The Morgan fingerprint density at radius 2 is 1.52 bits per heavy atom. The minimum atomic E-state index is -1.05. The summed E-state index contributed by atoms with van der Waals surface area (Å²) in [5, 5.41) is 0. The number of amides is 2. The first kappa shape index (κ1) is 18.2. The quantitative estimate of drug-likeness (QED) is 0.781. The maximum Gasteiger partial charge on any atom is 0.279 e. The van der Waals surface area contributed by atoms with Crippen LogP contribution >= 0.6 is 0 Å². The van der Waals surface area contributed by atoms with Gasteiger partial charge in [0.25, 0.3) is 11.8 Å². The number of hydrogen-bond donors (Lipinski definition) is 2. The number of para-hydroxylation sites is 2. The smallest absolute Gasteiger partial charge is 0.279 e. The van der Waals surface area contributed by atoms with Crippen molar-refractivity contribution in [2.45, 2.75) is 13.0 Å². The highest BCUT2D eigenvalue weighted by Gasteiger charge is 2.17. The number of nitrogens with one attached hydrogen (secondary N) is 2. The molecular formula is C17H16F2N2O4. The van der Waals surface area contributed by atoms with E-state index in [1.165, 1.54) is 43.3 Å². The van der Waals surface area contributed by atoms with Crippen LogP contribution in [0, 0.1) is 11.6 Å². The molecule has 0 aliphatic rings. The van der Waals surface area contributed by atoms with Gasteiger partial charge in [0.2, 0.25) is 0 Å². The van der Waals surface area contributed by atoms with Crippen molar-refractivity contribution in [3.63, 3.8) is 0 Å². The molecule has 0 saturated heterocycles. The van der Waals surface area contributed by atoms with E-state index in [1.54, 1.807) is 12.1 Å². The average molecular weight is 350 g/mol. The Balaban J connectivity index is 1.76. The fraction of sp³-hybridized carbons (Fsp3) is 0.176. The van der Waals surface area contributed by atoms with Crippen LogP contribution in [-0.4, -0.2) is 24.5 Å². The van der Waals surface area contributed by atoms with Gasteiger partial charge in [0.1, 0.15) is 0 Å². The van der Waals surface area contributed by atoms with E-state index in [4.69, 9.17) is 9.47 Å². The standard InChI is InChI=1S/C17H16F2N2O4/c1-11(25-15-9-5-3-7-13(15)19)17(23)21-20-16(22)10-24-14-8-4-2-6-12(14)18/h2-9,11H,10H2,1H3,(H,20,22)(H,21,23). The fourth-order valence-electron chi connectivity index (χ4n) is 1.76. The Hall–Kier alpha value is -3.16. The Morgan fingerprint density at radius 1 is 0.960 bits per heavy atom. The molecule has 0 spiro atoms. The van der Waals surface area contributed by atoms with E-state index in [9.17, 15) is 18.4 Å². The van der Waals surface area contributed by atoms with Gasteiger partial charge in [-0.25, -0.2) is 8.78 Å². The molecule has 2 aromatic carbocycles. The number of hydrogen-bond acceptors (Lipinski definition) is 4. The molecule has 0 aliphatic heterocycles. The molecule has 6 nitrogen and oxygen atoms in total. The molecule has 2 rings (SSSR count). The molecule has 132 valence electrons. The topological polar surface area (TPSA) is 76.7 Å². The first-order valence-electron chi connectivity index (χ1n) is 7.34. The number of carbonyl (C=O) groups excluding carboxylic acids is 2. The summed E-state index contributed by atoms with van der Waals surface area (Å²) in [5.74, 6) is -2.77. The fourth-order valence-corrected chi connectivity index (χ4v) is 1.76. The van der Waals surface area contributed by atoms with Gasteiger partial charge in [-0.1, -0.05) is 24.3 Å². The predicted octanol–water partition coefficient (Wildman–Crippen LogP) is 1.96. The van der Waals surface area contributed by atoms with Gasteiger partial charge in [-0.2, -0.15) is 0 Å². The van der Waals surface area contributed by atoms with E-state index in [0.29, 0.717) is 0 Å². The molecule has 1 atom stereocenters. The predicted molar refractivity (Wildman–Crippen MR) is 84.7 cm³/mol.